The summed E-state index contributed by atoms with van der Waals surface area (Å²) in [6.45, 7) is 0.856. The van der Waals surface area contributed by atoms with E-state index < -0.39 is 0 Å². The summed E-state index contributed by atoms with van der Waals surface area (Å²) in [4.78, 5) is 18.9. The van der Waals surface area contributed by atoms with E-state index in [9.17, 15) is 9.90 Å². The van der Waals surface area contributed by atoms with Gasteiger partial charge in [0.25, 0.3) is 0 Å². The Morgan fingerprint density at radius 1 is 1.23 bits per heavy atom. The van der Waals surface area contributed by atoms with Gasteiger partial charge in [-0.25, -0.2) is 9.78 Å². The van der Waals surface area contributed by atoms with Crippen molar-refractivity contribution in [3.8, 4) is 5.88 Å². The van der Waals surface area contributed by atoms with Crippen LogP contribution in [0.3, 0.4) is 0 Å². The van der Waals surface area contributed by atoms with E-state index in [1.54, 1.807) is 23.2 Å². The maximum absolute atomic E-state index is 12.6. The van der Waals surface area contributed by atoms with Crippen molar-refractivity contribution in [1.82, 2.24) is 19.5 Å². The molecule has 0 saturated carbocycles. The SMILES string of the molecule is O=C(OCc1ccccc1)N1CCCCC1c1cc(O)n2nccc2n1. The lowest BCUT2D eigenvalue weighted by Crippen LogP contribution is -2.39. The predicted molar refractivity (Wildman–Crippen MR) is 94.6 cm³/mol. The van der Waals surface area contributed by atoms with Crippen molar-refractivity contribution in [2.45, 2.75) is 31.9 Å². The first-order chi connectivity index (χ1) is 12.7. The van der Waals surface area contributed by atoms with Crippen molar-refractivity contribution < 1.29 is 14.6 Å². The molecule has 26 heavy (non-hydrogen) atoms. The summed E-state index contributed by atoms with van der Waals surface area (Å²) in [6.07, 6.45) is 3.95. The maximum atomic E-state index is 12.6. The molecule has 1 fully saturated rings. The fourth-order valence-electron chi connectivity index (χ4n) is 3.35. The van der Waals surface area contributed by atoms with E-state index in [4.69, 9.17) is 4.74 Å². The molecular formula is C19H20N4O3. The Balaban J connectivity index is 1.54. The molecule has 3 heterocycles. The number of amides is 1. The second-order valence-corrected chi connectivity index (χ2v) is 6.39. The van der Waals surface area contributed by atoms with Crippen LogP contribution in [0.25, 0.3) is 5.65 Å². The van der Waals surface area contributed by atoms with Gasteiger partial charge in [-0.2, -0.15) is 9.61 Å². The molecule has 0 radical (unpaired) electrons. The highest BCUT2D eigenvalue weighted by Crippen LogP contribution is 2.32. The highest BCUT2D eigenvalue weighted by molar-refractivity contribution is 5.68. The number of carbonyl (C=O) groups excluding carboxylic acids is 1. The minimum Gasteiger partial charge on any atom is -0.493 e. The normalized spacial score (nSPS) is 17.4. The number of fused-ring (bicyclic) bond motifs is 1. The van der Waals surface area contributed by atoms with Crippen molar-refractivity contribution >= 4 is 11.7 Å². The minimum atomic E-state index is -0.353. The number of piperidine rings is 1. The molecule has 1 unspecified atom stereocenters. The molecule has 4 rings (SSSR count). The number of carbonyl (C=O) groups is 1. The Bertz CT molecular complexity index is 910. The van der Waals surface area contributed by atoms with Crippen molar-refractivity contribution in [1.29, 1.82) is 0 Å². The lowest BCUT2D eigenvalue weighted by Gasteiger charge is -2.34. The topological polar surface area (TPSA) is 80.0 Å². The molecule has 2 aromatic heterocycles. The van der Waals surface area contributed by atoms with Crippen LogP contribution in [-0.4, -0.2) is 37.2 Å². The van der Waals surface area contributed by atoms with Crippen LogP contribution < -0.4 is 0 Å². The first-order valence-electron chi connectivity index (χ1n) is 8.73. The fourth-order valence-corrected chi connectivity index (χ4v) is 3.35. The molecule has 1 aromatic carbocycles. The van der Waals surface area contributed by atoms with Crippen LogP contribution in [0, 0.1) is 0 Å². The van der Waals surface area contributed by atoms with Crippen LogP contribution in [0.4, 0.5) is 4.79 Å². The number of likely N-dealkylation sites (tertiary alicyclic amines) is 1. The Labute approximate surface area is 150 Å². The van der Waals surface area contributed by atoms with Gasteiger partial charge in [-0.15, -0.1) is 0 Å². The Hall–Kier alpha value is -3.09. The molecule has 0 aliphatic carbocycles. The molecule has 1 atom stereocenters. The third-order valence-corrected chi connectivity index (χ3v) is 4.64. The molecule has 7 heteroatoms. The molecule has 134 valence electrons. The standard InChI is InChI=1S/C19H20N4O3/c24-18-12-15(21-17-9-10-20-23(17)18)16-8-4-5-11-22(16)19(25)26-13-14-6-2-1-3-7-14/h1-3,6-7,9-10,12,16,24H,4-5,8,11,13H2. The molecule has 7 nitrogen and oxygen atoms in total. The molecule has 0 spiro atoms. The van der Waals surface area contributed by atoms with Gasteiger partial charge in [0.1, 0.15) is 6.61 Å². The second-order valence-electron chi connectivity index (χ2n) is 6.39. The van der Waals surface area contributed by atoms with Crippen LogP contribution in [0.2, 0.25) is 0 Å². The first-order valence-corrected chi connectivity index (χ1v) is 8.73. The van der Waals surface area contributed by atoms with Crippen LogP contribution in [0.5, 0.6) is 5.88 Å². The smallest absolute Gasteiger partial charge is 0.410 e. The summed E-state index contributed by atoms with van der Waals surface area (Å²) in [5, 5.41) is 14.2. The third-order valence-electron chi connectivity index (χ3n) is 4.64. The summed E-state index contributed by atoms with van der Waals surface area (Å²) < 4.78 is 6.87. The Morgan fingerprint density at radius 2 is 2.08 bits per heavy atom. The number of aromatic nitrogens is 3. The zero-order valence-electron chi connectivity index (χ0n) is 14.3. The molecule has 1 aliphatic rings. The number of hydrogen-bond donors (Lipinski definition) is 1. The second kappa shape index (κ2) is 7.03. The van der Waals surface area contributed by atoms with Crippen LogP contribution >= 0.6 is 0 Å². The van der Waals surface area contributed by atoms with Crippen molar-refractivity contribution in [2.75, 3.05) is 6.54 Å². The lowest BCUT2D eigenvalue weighted by atomic mass is 9.99. The maximum Gasteiger partial charge on any atom is 0.410 e. The number of nitrogens with zero attached hydrogens (tertiary/aromatic N) is 4. The van der Waals surface area contributed by atoms with E-state index in [0.29, 0.717) is 17.9 Å². The molecular weight excluding hydrogens is 332 g/mol. The van der Waals surface area contributed by atoms with E-state index in [-0.39, 0.29) is 24.6 Å². The molecule has 1 N–H and O–H groups in total. The van der Waals surface area contributed by atoms with Gasteiger partial charge in [-0.3, -0.25) is 4.90 Å². The van der Waals surface area contributed by atoms with Crippen molar-refractivity contribution in [3.63, 3.8) is 0 Å². The van der Waals surface area contributed by atoms with E-state index in [1.807, 2.05) is 30.3 Å². The van der Waals surface area contributed by atoms with E-state index in [1.165, 1.54) is 4.52 Å². The van der Waals surface area contributed by atoms with Gasteiger partial charge in [0.2, 0.25) is 5.88 Å². The Kier molecular flexibility index (Phi) is 4.43. The summed E-state index contributed by atoms with van der Waals surface area (Å²) >= 11 is 0. The molecule has 0 bridgehead atoms. The van der Waals surface area contributed by atoms with Crippen molar-refractivity contribution in [3.05, 3.63) is 59.9 Å². The van der Waals surface area contributed by atoms with Gasteiger partial charge in [-0.1, -0.05) is 30.3 Å². The summed E-state index contributed by atoms with van der Waals surface area (Å²) in [5.41, 5.74) is 2.17. The van der Waals surface area contributed by atoms with Gasteiger partial charge in [-0.05, 0) is 24.8 Å². The Morgan fingerprint density at radius 3 is 2.92 bits per heavy atom. The fraction of sp³-hybridized carbons (Fsp3) is 0.316. The van der Waals surface area contributed by atoms with Crippen LogP contribution in [-0.2, 0) is 11.3 Å². The number of ether oxygens (including phenoxy) is 1. The molecule has 3 aromatic rings. The molecule has 1 saturated heterocycles. The van der Waals surface area contributed by atoms with Crippen LogP contribution in [0.15, 0.2) is 48.7 Å². The monoisotopic (exact) mass is 352 g/mol. The average molecular weight is 352 g/mol. The molecule has 1 aliphatic heterocycles. The van der Waals surface area contributed by atoms with Gasteiger partial charge in [0.15, 0.2) is 5.65 Å². The molecule has 1 amide bonds. The van der Waals surface area contributed by atoms with Gasteiger partial charge >= 0.3 is 6.09 Å². The predicted octanol–water partition coefficient (Wildman–Crippen LogP) is 3.30. The first kappa shape index (κ1) is 16.4. The van der Waals surface area contributed by atoms with Crippen LogP contribution in [0.1, 0.15) is 36.6 Å². The van der Waals surface area contributed by atoms with Gasteiger partial charge in [0, 0.05) is 18.7 Å². The van der Waals surface area contributed by atoms with E-state index >= 15 is 0 Å². The van der Waals surface area contributed by atoms with E-state index in [2.05, 4.69) is 10.1 Å². The average Bonchev–Trinajstić information content (AvgIpc) is 3.16. The zero-order chi connectivity index (χ0) is 17.9. The largest absolute Gasteiger partial charge is 0.493 e. The zero-order valence-corrected chi connectivity index (χ0v) is 14.3. The number of rotatable bonds is 3. The third kappa shape index (κ3) is 3.20. The summed E-state index contributed by atoms with van der Waals surface area (Å²) in [5.74, 6) is 0.0122. The van der Waals surface area contributed by atoms with Gasteiger partial charge in [0.05, 0.1) is 17.9 Å². The van der Waals surface area contributed by atoms with E-state index in [0.717, 1.165) is 24.8 Å². The number of hydrogen-bond acceptors (Lipinski definition) is 5. The lowest BCUT2D eigenvalue weighted by molar-refractivity contribution is 0.0668. The number of benzene rings is 1. The quantitative estimate of drug-likeness (QED) is 0.782. The number of aromatic hydroxyl groups is 1. The van der Waals surface area contributed by atoms with Crippen molar-refractivity contribution in [2.24, 2.45) is 0 Å². The summed E-state index contributed by atoms with van der Waals surface area (Å²) in [7, 11) is 0. The summed E-state index contributed by atoms with van der Waals surface area (Å²) in [6, 6.07) is 12.7. The highest BCUT2D eigenvalue weighted by atomic mass is 16.6. The van der Waals surface area contributed by atoms with Gasteiger partial charge < -0.3 is 9.84 Å². The minimum absolute atomic E-state index is 0.0122. The highest BCUT2D eigenvalue weighted by Gasteiger charge is 2.31.